The van der Waals surface area contributed by atoms with Crippen molar-refractivity contribution in [3.63, 3.8) is 0 Å². The SMILES string of the molecule is CSCCC(C)N(C)Cc1c(C(=O)O)cnn1C. The van der Waals surface area contributed by atoms with E-state index >= 15 is 0 Å². The van der Waals surface area contributed by atoms with Gasteiger partial charge in [0.1, 0.15) is 5.56 Å². The lowest BCUT2D eigenvalue weighted by Crippen LogP contribution is -2.30. The number of hydrogen-bond donors (Lipinski definition) is 1. The van der Waals surface area contributed by atoms with Gasteiger partial charge >= 0.3 is 5.97 Å². The van der Waals surface area contributed by atoms with Crippen molar-refractivity contribution >= 4 is 17.7 Å². The Morgan fingerprint density at radius 3 is 2.89 bits per heavy atom. The van der Waals surface area contributed by atoms with Gasteiger partial charge in [0.15, 0.2) is 0 Å². The second-order valence-corrected chi connectivity index (χ2v) is 5.46. The predicted octanol–water partition coefficient (Wildman–Crippen LogP) is 1.69. The minimum atomic E-state index is -0.914. The minimum absolute atomic E-state index is 0.293. The van der Waals surface area contributed by atoms with Gasteiger partial charge in [-0.15, -0.1) is 0 Å². The van der Waals surface area contributed by atoms with Crippen LogP contribution in [-0.2, 0) is 13.6 Å². The summed E-state index contributed by atoms with van der Waals surface area (Å²) in [5.74, 6) is 0.200. The molecule has 0 aliphatic carbocycles. The van der Waals surface area contributed by atoms with Crippen LogP contribution in [0.1, 0.15) is 29.4 Å². The minimum Gasteiger partial charge on any atom is -0.478 e. The molecule has 0 aromatic carbocycles. The fourth-order valence-corrected chi connectivity index (χ4v) is 2.31. The molecule has 18 heavy (non-hydrogen) atoms. The van der Waals surface area contributed by atoms with Gasteiger partial charge in [0.05, 0.1) is 11.9 Å². The van der Waals surface area contributed by atoms with Gasteiger partial charge in [-0.3, -0.25) is 9.58 Å². The molecule has 1 atom stereocenters. The molecule has 0 aliphatic heterocycles. The van der Waals surface area contributed by atoms with Gasteiger partial charge in [-0.25, -0.2) is 4.79 Å². The maximum atomic E-state index is 11.1. The van der Waals surface area contributed by atoms with Crippen LogP contribution in [0.15, 0.2) is 6.20 Å². The van der Waals surface area contributed by atoms with E-state index in [2.05, 4.69) is 23.2 Å². The highest BCUT2D eigenvalue weighted by Crippen LogP contribution is 2.14. The first kappa shape index (κ1) is 15.0. The molecule has 5 nitrogen and oxygen atoms in total. The highest BCUT2D eigenvalue weighted by atomic mass is 32.2. The van der Waals surface area contributed by atoms with Crippen molar-refractivity contribution in [3.8, 4) is 0 Å². The van der Waals surface area contributed by atoms with Crippen molar-refractivity contribution in [2.45, 2.75) is 25.9 Å². The van der Waals surface area contributed by atoms with Crippen molar-refractivity contribution in [1.29, 1.82) is 0 Å². The van der Waals surface area contributed by atoms with Crippen LogP contribution in [0.3, 0.4) is 0 Å². The first-order valence-electron chi connectivity index (χ1n) is 5.90. The van der Waals surface area contributed by atoms with Crippen molar-refractivity contribution in [2.24, 2.45) is 7.05 Å². The Hall–Kier alpha value is -1.01. The molecular weight excluding hydrogens is 250 g/mol. The highest BCUT2D eigenvalue weighted by Gasteiger charge is 2.18. The van der Waals surface area contributed by atoms with Crippen LogP contribution < -0.4 is 0 Å². The first-order chi connectivity index (χ1) is 8.47. The van der Waals surface area contributed by atoms with Gasteiger partial charge < -0.3 is 5.11 Å². The van der Waals surface area contributed by atoms with E-state index in [1.165, 1.54) is 6.20 Å². The van der Waals surface area contributed by atoms with Crippen LogP contribution in [-0.4, -0.2) is 50.9 Å². The van der Waals surface area contributed by atoms with Crippen molar-refractivity contribution in [3.05, 3.63) is 17.5 Å². The Bertz CT molecular complexity index is 406. The number of aromatic carboxylic acids is 1. The average Bonchev–Trinajstić information content (AvgIpc) is 2.68. The number of carboxylic acids is 1. The van der Waals surface area contributed by atoms with Crippen LogP contribution in [0.25, 0.3) is 0 Å². The highest BCUT2D eigenvalue weighted by molar-refractivity contribution is 7.98. The molecule has 0 amide bonds. The molecule has 0 spiro atoms. The monoisotopic (exact) mass is 271 g/mol. The van der Waals surface area contributed by atoms with E-state index in [1.807, 2.05) is 18.8 Å². The number of aromatic nitrogens is 2. The molecule has 6 heteroatoms. The first-order valence-corrected chi connectivity index (χ1v) is 7.30. The van der Waals surface area contributed by atoms with E-state index in [1.54, 1.807) is 11.7 Å². The number of carboxylic acid groups (broad SMARTS) is 1. The second kappa shape index (κ2) is 6.80. The van der Waals surface area contributed by atoms with E-state index in [9.17, 15) is 4.79 Å². The summed E-state index contributed by atoms with van der Waals surface area (Å²) >= 11 is 1.83. The van der Waals surface area contributed by atoms with Crippen molar-refractivity contribution in [2.75, 3.05) is 19.1 Å². The maximum absolute atomic E-state index is 11.1. The zero-order chi connectivity index (χ0) is 13.7. The molecule has 1 aromatic heterocycles. The summed E-state index contributed by atoms with van der Waals surface area (Å²) in [6.45, 7) is 2.76. The van der Waals surface area contributed by atoms with Crippen LogP contribution in [0, 0.1) is 0 Å². The van der Waals surface area contributed by atoms with Crippen molar-refractivity contribution < 1.29 is 9.90 Å². The van der Waals surface area contributed by atoms with Gasteiger partial charge in [0.25, 0.3) is 0 Å². The Labute approximate surface area is 112 Å². The number of thioether (sulfide) groups is 1. The maximum Gasteiger partial charge on any atom is 0.339 e. The molecule has 102 valence electrons. The molecule has 1 N–H and O–H groups in total. The standard InChI is InChI=1S/C12H21N3O2S/c1-9(5-6-18-4)14(2)8-11-10(12(16)17)7-13-15(11)3/h7,9H,5-6,8H2,1-4H3,(H,16,17). The van der Waals surface area contributed by atoms with Gasteiger partial charge in [0.2, 0.25) is 0 Å². The molecular formula is C12H21N3O2S. The fraction of sp³-hybridized carbons (Fsp3) is 0.667. The smallest absolute Gasteiger partial charge is 0.339 e. The van der Waals surface area contributed by atoms with Crippen LogP contribution in [0.5, 0.6) is 0 Å². The van der Waals surface area contributed by atoms with Gasteiger partial charge in [-0.05, 0) is 32.4 Å². The van der Waals surface area contributed by atoms with Crippen LogP contribution in [0.2, 0.25) is 0 Å². The van der Waals surface area contributed by atoms with Crippen LogP contribution >= 0.6 is 11.8 Å². The molecule has 0 saturated heterocycles. The molecule has 0 fully saturated rings. The lowest BCUT2D eigenvalue weighted by atomic mass is 10.2. The summed E-state index contributed by atoms with van der Waals surface area (Å²) in [5.41, 5.74) is 1.04. The van der Waals surface area contributed by atoms with Gasteiger partial charge in [-0.2, -0.15) is 16.9 Å². The molecule has 1 heterocycles. The third-order valence-corrected chi connectivity index (χ3v) is 3.83. The third kappa shape index (κ3) is 3.74. The topological polar surface area (TPSA) is 58.4 Å². The lowest BCUT2D eigenvalue weighted by Gasteiger charge is -2.24. The molecule has 1 rings (SSSR count). The van der Waals surface area contributed by atoms with Crippen LogP contribution in [0.4, 0.5) is 0 Å². The number of hydrogen-bond acceptors (Lipinski definition) is 4. The van der Waals surface area contributed by atoms with E-state index in [0.717, 1.165) is 17.9 Å². The summed E-state index contributed by atoms with van der Waals surface area (Å²) < 4.78 is 1.64. The van der Waals surface area contributed by atoms with E-state index < -0.39 is 5.97 Å². The zero-order valence-electron chi connectivity index (χ0n) is 11.4. The molecule has 1 aromatic rings. The average molecular weight is 271 g/mol. The summed E-state index contributed by atoms with van der Waals surface area (Å²) in [6.07, 6.45) is 4.60. The number of nitrogens with zero attached hydrogens (tertiary/aromatic N) is 3. The van der Waals surface area contributed by atoms with Gasteiger partial charge in [0, 0.05) is 19.6 Å². The zero-order valence-corrected chi connectivity index (χ0v) is 12.2. The summed E-state index contributed by atoms with van der Waals surface area (Å²) in [5, 5.41) is 13.1. The van der Waals surface area contributed by atoms with Gasteiger partial charge in [-0.1, -0.05) is 0 Å². The largest absolute Gasteiger partial charge is 0.478 e. The summed E-state index contributed by atoms with van der Waals surface area (Å²) in [6, 6.07) is 0.425. The van der Waals surface area contributed by atoms with E-state index in [-0.39, 0.29) is 0 Å². The molecule has 0 aliphatic rings. The quantitative estimate of drug-likeness (QED) is 0.818. The lowest BCUT2D eigenvalue weighted by molar-refractivity contribution is 0.0694. The normalized spacial score (nSPS) is 12.9. The third-order valence-electron chi connectivity index (χ3n) is 3.18. The number of aryl methyl sites for hydroxylation is 1. The molecule has 0 bridgehead atoms. The molecule has 1 unspecified atom stereocenters. The fourth-order valence-electron chi connectivity index (χ4n) is 1.73. The molecule has 0 saturated carbocycles. The summed E-state index contributed by atoms with van der Waals surface area (Å²) in [4.78, 5) is 13.2. The molecule has 0 radical (unpaired) electrons. The number of rotatable bonds is 7. The predicted molar refractivity (Wildman–Crippen MR) is 74.1 cm³/mol. The number of carbonyl (C=O) groups is 1. The van der Waals surface area contributed by atoms with E-state index in [0.29, 0.717) is 18.2 Å². The van der Waals surface area contributed by atoms with E-state index in [4.69, 9.17) is 5.11 Å². The van der Waals surface area contributed by atoms with Crippen molar-refractivity contribution in [1.82, 2.24) is 14.7 Å². The Morgan fingerprint density at radius 1 is 1.67 bits per heavy atom. The Balaban J connectivity index is 2.71. The Morgan fingerprint density at radius 2 is 2.33 bits per heavy atom. The Kier molecular flexibility index (Phi) is 5.68. The summed E-state index contributed by atoms with van der Waals surface area (Å²) in [7, 11) is 3.80. The second-order valence-electron chi connectivity index (χ2n) is 4.48.